The van der Waals surface area contributed by atoms with E-state index in [2.05, 4.69) is 40.6 Å². The summed E-state index contributed by atoms with van der Waals surface area (Å²) in [7, 11) is 2.17. The normalized spacial score (nSPS) is 11.8. The van der Waals surface area contributed by atoms with Crippen LogP contribution in [0.25, 0.3) is 21.9 Å². The standard InChI is InChI=1S/C28H43N5O3/c1-4-5-13-25-31-26-27(23-11-6-7-12-24(23)30-28(26)29)33(25)17-9-8-15-32(3)16-10-18-35-20-21-36-19-14-22(2)34/h6-7,11-12H,4-5,8-10,13-21H2,1-3H3,(H2,29,30). The molecule has 36 heavy (non-hydrogen) atoms. The van der Waals surface area contributed by atoms with Crippen LogP contribution in [0.1, 0.15) is 58.2 Å². The van der Waals surface area contributed by atoms with E-state index >= 15 is 0 Å². The number of unbranched alkanes of at least 4 members (excludes halogenated alkanes) is 2. The number of para-hydroxylation sites is 1. The van der Waals surface area contributed by atoms with Gasteiger partial charge >= 0.3 is 0 Å². The van der Waals surface area contributed by atoms with Crippen LogP contribution in [0.2, 0.25) is 0 Å². The molecule has 8 heteroatoms. The number of ether oxygens (including phenoxy) is 2. The first-order valence-corrected chi connectivity index (χ1v) is 13.4. The molecule has 2 heterocycles. The third-order valence-electron chi connectivity index (χ3n) is 6.41. The van der Waals surface area contributed by atoms with E-state index in [1.165, 1.54) is 0 Å². The van der Waals surface area contributed by atoms with E-state index < -0.39 is 0 Å². The number of carbonyl (C=O) groups excluding carboxylic acids is 1. The zero-order valence-electron chi connectivity index (χ0n) is 22.3. The van der Waals surface area contributed by atoms with Crippen molar-refractivity contribution in [3.63, 3.8) is 0 Å². The summed E-state index contributed by atoms with van der Waals surface area (Å²) in [4.78, 5) is 22.8. The SMILES string of the molecule is CCCCc1nc2c(N)nc3ccccc3c2n1CCCCN(C)CCCOCCOCCC(C)=O. The largest absolute Gasteiger partial charge is 0.382 e. The summed E-state index contributed by atoms with van der Waals surface area (Å²) in [6.45, 7) is 9.12. The van der Waals surface area contributed by atoms with Gasteiger partial charge in [-0.1, -0.05) is 31.5 Å². The van der Waals surface area contributed by atoms with Gasteiger partial charge in [0.25, 0.3) is 0 Å². The predicted octanol–water partition coefficient (Wildman–Crippen LogP) is 4.62. The maximum absolute atomic E-state index is 10.9. The van der Waals surface area contributed by atoms with Gasteiger partial charge < -0.3 is 24.7 Å². The predicted molar refractivity (Wildman–Crippen MR) is 146 cm³/mol. The molecule has 0 aliphatic heterocycles. The third kappa shape index (κ3) is 8.25. The molecule has 0 saturated carbocycles. The number of imidazole rings is 1. The Labute approximate surface area is 215 Å². The topological polar surface area (TPSA) is 95.5 Å². The highest BCUT2D eigenvalue weighted by atomic mass is 16.5. The van der Waals surface area contributed by atoms with Crippen LogP contribution in [-0.2, 0) is 27.2 Å². The van der Waals surface area contributed by atoms with Crippen LogP contribution >= 0.6 is 0 Å². The first kappa shape index (κ1) is 28.0. The number of aromatic nitrogens is 3. The molecule has 0 amide bonds. The number of hydrogen-bond acceptors (Lipinski definition) is 7. The van der Waals surface area contributed by atoms with E-state index in [1.807, 2.05) is 12.1 Å². The van der Waals surface area contributed by atoms with E-state index in [0.29, 0.717) is 32.1 Å². The Morgan fingerprint density at radius 2 is 1.75 bits per heavy atom. The number of ketones is 1. The van der Waals surface area contributed by atoms with Crippen molar-refractivity contribution in [1.29, 1.82) is 0 Å². The molecule has 2 N–H and O–H groups in total. The van der Waals surface area contributed by atoms with Gasteiger partial charge in [0.1, 0.15) is 17.1 Å². The average molecular weight is 498 g/mol. The molecule has 0 atom stereocenters. The van der Waals surface area contributed by atoms with Crippen LogP contribution in [0, 0.1) is 0 Å². The van der Waals surface area contributed by atoms with Gasteiger partial charge in [0.05, 0.1) is 30.9 Å². The van der Waals surface area contributed by atoms with Gasteiger partial charge in [-0.25, -0.2) is 9.97 Å². The van der Waals surface area contributed by atoms with Gasteiger partial charge in [-0.15, -0.1) is 0 Å². The molecule has 1 aromatic carbocycles. The lowest BCUT2D eigenvalue weighted by atomic mass is 10.1. The van der Waals surface area contributed by atoms with Gasteiger partial charge in [0.2, 0.25) is 0 Å². The van der Waals surface area contributed by atoms with Crippen molar-refractivity contribution in [2.45, 2.75) is 65.3 Å². The van der Waals surface area contributed by atoms with E-state index in [-0.39, 0.29) is 5.78 Å². The minimum Gasteiger partial charge on any atom is -0.382 e. The summed E-state index contributed by atoms with van der Waals surface area (Å²) >= 11 is 0. The number of rotatable bonds is 18. The molecule has 0 spiro atoms. The van der Waals surface area contributed by atoms with Crippen LogP contribution in [0.5, 0.6) is 0 Å². The fraction of sp³-hybridized carbons (Fsp3) is 0.607. The highest BCUT2D eigenvalue weighted by Gasteiger charge is 2.16. The van der Waals surface area contributed by atoms with E-state index in [9.17, 15) is 4.79 Å². The Morgan fingerprint density at radius 1 is 1.00 bits per heavy atom. The number of nitrogens with zero attached hydrogens (tertiary/aromatic N) is 4. The molecule has 2 aromatic heterocycles. The molecule has 0 aliphatic rings. The molecule has 0 aliphatic carbocycles. The fourth-order valence-corrected chi connectivity index (χ4v) is 4.41. The molecule has 0 fully saturated rings. The zero-order valence-corrected chi connectivity index (χ0v) is 22.3. The van der Waals surface area contributed by atoms with Gasteiger partial charge in [-0.3, -0.25) is 4.79 Å². The molecular formula is C28H43N5O3. The Balaban J connectivity index is 1.45. The van der Waals surface area contributed by atoms with E-state index in [0.717, 1.165) is 92.5 Å². The second-order valence-electron chi connectivity index (χ2n) is 9.54. The van der Waals surface area contributed by atoms with Crippen molar-refractivity contribution in [3.8, 4) is 0 Å². The van der Waals surface area contributed by atoms with E-state index in [4.69, 9.17) is 20.2 Å². The van der Waals surface area contributed by atoms with Crippen LogP contribution < -0.4 is 5.73 Å². The van der Waals surface area contributed by atoms with Crippen LogP contribution in [0.3, 0.4) is 0 Å². The van der Waals surface area contributed by atoms with Crippen molar-refractivity contribution in [2.75, 3.05) is 52.3 Å². The van der Waals surface area contributed by atoms with Crippen molar-refractivity contribution in [3.05, 3.63) is 30.1 Å². The number of anilines is 1. The van der Waals surface area contributed by atoms with Gasteiger partial charge in [0.15, 0.2) is 5.82 Å². The molecule has 3 rings (SSSR count). The number of nitrogens with two attached hydrogens (primary N) is 1. The molecule has 198 valence electrons. The lowest BCUT2D eigenvalue weighted by Crippen LogP contribution is -2.22. The maximum Gasteiger partial charge on any atom is 0.152 e. The smallest absolute Gasteiger partial charge is 0.152 e. The Morgan fingerprint density at radius 3 is 2.53 bits per heavy atom. The number of benzene rings is 1. The number of fused-ring (bicyclic) bond motifs is 3. The Bertz CT molecular complexity index is 1100. The number of carbonyl (C=O) groups is 1. The highest BCUT2D eigenvalue weighted by Crippen LogP contribution is 2.29. The van der Waals surface area contributed by atoms with Crippen LogP contribution in [0.4, 0.5) is 5.82 Å². The molecular weight excluding hydrogens is 454 g/mol. The average Bonchev–Trinajstić information content (AvgIpc) is 3.23. The molecule has 8 nitrogen and oxygen atoms in total. The first-order valence-electron chi connectivity index (χ1n) is 13.4. The summed E-state index contributed by atoms with van der Waals surface area (Å²) in [6.07, 6.45) is 6.88. The van der Waals surface area contributed by atoms with E-state index in [1.54, 1.807) is 6.92 Å². The second-order valence-corrected chi connectivity index (χ2v) is 9.54. The minimum atomic E-state index is 0.157. The van der Waals surface area contributed by atoms with Gasteiger partial charge in [0, 0.05) is 37.9 Å². The minimum absolute atomic E-state index is 0.157. The van der Waals surface area contributed by atoms with Crippen molar-refractivity contribution in [1.82, 2.24) is 19.4 Å². The second kappa shape index (κ2) is 14.9. The maximum atomic E-state index is 10.9. The quantitative estimate of drug-likeness (QED) is 0.256. The van der Waals surface area contributed by atoms with Crippen LogP contribution in [0.15, 0.2) is 24.3 Å². The summed E-state index contributed by atoms with van der Waals surface area (Å²) < 4.78 is 13.4. The third-order valence-corrected chi connectivity index (χ3v) is 6.41. The lowest BCUT2D eigenvalue weighted by Gasteiger charge is -2.17. The number of nitrogen functional groups attached to an aromatic ring is 1. The zero-order chi connectivity index (χ0) is 25.8. The van der Waals surface area contributed by atoms with Crippen LogP contribution in [-0.4, -0.2) is 71.8 Å². The molecule has 0 saturated heterocycles. The number of Topliss-reactive ketones (excluding diaryl/α,β-unsaturated/α-hetero) is 1. The number of aryl methyl sites for hydroxylation is 2. The molecule has 0 unspecified atom stereocenters. The Kier molecular flexibility index (Phi) is 11.6. The summed E-state index contributed by atoms with van der Waals surface area (Å²) in [5.41, 5.74) is 9.20. The van der Waals surface area contributed by atoms with Gasteiger partial charge in [-0.05, 0) is 52.3 Å². The van der Waals surface area contributed by atoms with Crippen molar-refractivity contribution >= 4 is 33.5 Å². The van der Waals surface area contributed by atoms with Gasteiger partial charge in [-0.2, -0.15) is 0 Å². The molecule has 3 aromatic rings. The molecule has 0 radical (unpaired) electrons. The number of pyridine rings is 1. The van der Waals surface area contributed by atoms with Crippen molar-refractivity contribution in [2.24, 2.45) is 0 Å². The highest BCUT2D eigenvalue weighted by molar-refractivity contribution is 6.06. The Hall–Kier alpha value is -2.55. The monoisotopic (exact) mass is 497 g/mol. The molecule has 0 bridgehead atoms. The first-order chi connectivity index (χ1) is 17.5. The summed E-state index contributed by atoms with van der Waals surface area (Å²) in [5.74, 6) is 1.79. The number of hydrogen-bond donors (Lipinski definition) is 1. The summed E-state index contributed by atoms with van der Waals surface area (Å²) in [6, 6.07) is 8.21. The summed E-state index contributed by atoms with van der Waals surface area (Å²) in [5, 5.41) is 1.12. The van der Waals surface area contributed by atoms with Crippen molar-refractivity contribution < 1.29 is 14.3 Å². The lowest BCUT2D eigenvalue weighted by molar-refractivity contribution is -0.118. The fourth-order valence-electron chi connectivity index (χ4n) is 4.41.